The van der Waals surface area contributed by atoms with E-state index in [1.165, 1.54) is 11.3 Å². The standard InChI is InChI=1S/C4H2INOS/c5-4-6-1-3(2-7)8-4/h1-2H. The molecule has 0 N–H and O–H groups in total. The van der Waals surface area contributed by atoms with E-state index in [0.29, 0.717) is 4.88 Å². The maximum atomic E-state index is 9.99. The summed E-state index contributed by atoms with van der Waals surface area (Å²) < 4.78 is 0.907. The van der Waals surface area contributed by atoms with Crippen molar-refractivity contribution in [1.29, 1.82) is 0 Å². The summed E-state index contributed by atoms with van der Waals surface area (Å²) in [4.78, 5) is 14.5. The lowest BCUT2D eigenvalue weighted by atomic mass is 10.6. The number of carbonyl (C=O) groups is 1. The van der Waals surface area contributed by atoms with Gasteiger partial charge in [0.25, 0.3) is 0 Å². The van der Waals surface area contributed by atoms with E-state index in [1.54, 1.807) is 6.20 Å². The predicted molar refractivity (Wildman–Crippen MR) is 40.2 cm³/mol. The van der Waals surface area contributed by atoms with Gasteiger partial charge in [-0.1, -0.05) is 0 Å². The molecule has 0 radical (unpaired) electrons. The Hall–Kier alpha value is 0.0300. The minimum Gasteiger partial charge on any atom is -0.297 e. The number of aromatic nitrogens is 1. The van der Waals surface area contributed by atoms with Crippen LogP contribution in [0.2, 0.25) is 0 Å². The molecule has 42 valence electrons. The Bertz CT molecular complexity index is 198. The van der Waals surface area contributed by atoms with Gasteiger partial charge in [0.2, 0.25) is 0 Å². The van der Waals surface area contributed by atoms with Gasteiger partial charge in [0.15, 0.2) is 9.30 Å². The predicted octanol–water partition coefficient (Wildman–Crippen LogP) is 1.56. The summed E-state index contributed by atoms with van der Waals surface area (Å²) in [6.45, 7) is 0. The average Bonchev–Trinajstić information content (AvgIpc) is 2.14. The fourth-order valence-corrected chi connectivity index (χ4v) is 1.67. The molecule has 0 amide bonds. The molecule has 0 aliphatic heterocycles. The maximum absolute atomic E-state index is 9.99. The summed E-state index contributed by atoms with van der Waals surface area (Å²) in [5.41, 5.74) is 0. The van der Waals surface area contributed by atoms with Crippen molar-refractivity contribution in [3.63, 3.8) is 0 Å². The van der Waals surface area contributed by atoms with Crippen LogP contribution in [0.1, 0.15) is 9.67 Å². The first-order valence-electron chi connectivity index (χ1n) is 1.89. The molecule has 1 aromatic rings. The third kappa shape index (κ3) is 1.25. The highest BCUT2D eigenvalue weighted by molar-refractivity contribution is 14.1. The molecule has 0 saturated heterocycles. The Morgan fingerprint density at radius 1 is 1.88 bits per heavy atom. The molecule has 0 spiro atoms. The van der Waals surface area contributed by atoms with E-state index in [9.17, 15) is 4.79 Å². The lowest BCUT2D eigenvalue weighted by Crippen LogP contribution is -1.63. The minimum atomic E-state index is 0.689. The monoisotopic (exact) mass is 239 g/mol. The van der Waals surface area contributed by atoms with Crippen molar-refractivity contribution in [2.75, 3.05) is 0 Å². The van der Waals surface area contributed by atoms with E-state index in [2.05, 4.69) is 27.6 Å². The van der Waals surface area contributed by atoms with E-state index < -0.39 is 0 Å². The molecule has 2 nitrogen and oxygen atoms in total. The van der Waals surface area contributed by atoms with E-state index in [0.717, 1.165) is 9.30 Å². The molecule has 1 rings (SSSR count). The van der Waals surface area contributed by atoms with Crippen LogP contribution < -0.4 is 0 Å². The van der Waals surface area contributed by atoms with E-state index in [-0.39, 0.29) is 0 Å². The number of halogens is 1. The number of rotatable bonds is 1. The highest BCUT2D eigenvalue weighted by Gasteiger charge is 1.93. The van der Waals surface area contributed by atoms with Gasteiger partial charge in [-0.15, -0.1) is 11.3 Å². The molecule has 1 heterocycles. The van der Waals surface area contributed by atoms with Crippen molar-refractivity contribution >= 4 is 40.2 Å². The van der Waals surface area contributed by atoms with Crippen LogP contribution >= 0.6 is 33.9 Å². The second-order valence-electron chi connectivity index (χ2n) is 1.13. The molecule has 0 aliphatic rings. The van der Waals surface area contributed by atoms with Gasteiger partial charge in [0.05, 0.1) is 4.88 Å². The number of carbonyl (C=O) groups excluding carboxylic acids is 1. The normalized spacial score (nSPS) is 9.12. The van der Waals surface area contributed by atoms with Crippen molar-refractivity contribution in [2.45, 2.75) is 0 Å². The Balaban J connectivity index is 3.00. The molecule has 0 aromatic carbocycles. The van der Waals surface area contributed by atoms with E-state index in [4.69, 9.17) is 0 Å². The number of nitrogens with zero attached hydrogens (tertiary/aromatic N) is 1. The molecule has 0 unspecified atom stereocenters. The van der Waals surface area contributed by atoms with Gasteiger partial charge < -0.3 is 0 Å². The Kier molecular flexibility index (Phi) is 1.95. The summed E-state index contributed by atoms with van der Waals surface area (Å²) in [7, 11) is 0. The summed E-state index contributed by atoms with van der Waals surface area (Å²) in [6, 6.07) is 0. The first-order valence-corrected chi connectivity index (χ1v) is 3.79. The zero-order valence-electron chi connectivity index (χ0n) is 3.80. The third-order valence-electron chi connectivity index (χ3n) is 0.612. The second-order valence-corrected chi connectivity index (χ2v) is 3.95. The highest BCUT2D eigenvalue weighted by Crippen LogP contribution is 2.11. The van der Waals surface area contributed by atoms with Crippen LogP contribution in [-0.4, -0.2) is 11.3 Å². The van der Waals surface area contributed by atoms with Gasteiger partial charge >= 0.3 is 0 Å². The molecule has 8 heavy (non-hydrogen) atoms. The molecule has 0 aliphatic carbocycles. The van der Waals surface area contributed by atoms with Crippen LogP contribution in [0.15, 0.2) is 6.20 Å². The minimum absolute atomic E-state index is 0.689. The second kappa shape index (κ2) is 2.54. The summed E-state index contributed by atoms with van der Waals surface area (Å²) in [5, 5.41) is 0. The third-order valence-corrected chi connectivity index (χ3v) is 2.26. The largest absolute Gasteiger partial charge is 0.297 e. The molecule has 1 aromatic heterocycles. The summed E-state index contributed by atoms with van der Waals surface area (Å²) in [5.74, 6) is 0. The Morgan fingerprint density at radius 2 is 2.62 bits per heavy atom. The van der Waals surface area contributed by atoms with Gasteiger partial charge in [0, 0.05) is 6.20 Å². The van der Waals surface area contributed by atoms with Gasteiger partial charge in [0.1, 0.15) is 0 Å². The molecule has 0 atom stereocenters. The number of aldehydes is 1. The quantitative estimate of drug-likeness (QED) is 0.549. The highest BCUT2D eigenvalue weighted by atomic mass is 127. The van der Waals surface area contributed by atoms with Crippen molar-refractivity contribution in [3.05, 3.63) is 14.1 Å². The summed E-state index contributed by atoms with van der Waals surface area (Å²) in [6.07, 6.45) is 2.37. The van der Waals surface area contributed by atoms with Gasteiger partial charge in [-0.2, -0.15) is 0 Å². The average molecular weight is 239 g/mol. The topological polar surface area (TPSA) is 30.0 Å². The molecule has 0 fully saturated rings. The van der Waals surface area contributed by atoms with Gasteiger partial charge in [-0.05, 0) is 22.6 Å². The lowest BCUT2D eigenvalue weighted by molar-refractivity contribution is 0.112. The van der Waals surface area contributed by atoms with E-state index >= 15 is 0 Å². The van der Waals surface area contributed by atoms with Crippen molar-refractivity contribution in [2.24, 2.45) is 0 Å². The number of thiazole rings is 1. The van der Waals surface area contributed by atoms with Crippen LogP contribution in [0.5, 0.6) is 0 Å². The van der Waals surface area contributed by atoms with Crippen LogP contribution in [0.3, 0.4) is 0 Å². The van der Waals surface area contributed by atoms with Crippen LogP contribution in [0.4, 0.5) is 0 Å². The molecular weight excluding hydrogens is 237 g/mol. The van der Waals surface area contributed by atoms with Crippen molar-refractivity contribution < 1.29 is 4.79 Å². The van der Waals surface area contributed by atoms with Crippen LogP contribution in [0.25, 0.3) is 0 Å². The van der Waals surface area contributed by atoms with Crippen LogP contribution in [-0.2, 0) is 0 Å². The lowest BCUT2D eigenvalue weighted by Gasteiger charge is -1.66. The first-order chi connectivity index (χ1) is 3.83. The SMILES string of the molecule is O=Cc1cnc(I)s1. The molecule has 0 saturated carbocycles. The maximum Gasteiger partial charge on any atom is 0.161 e. The molecule has 4 heteroatoms. The number of hydrogen-bond donors (Lipinski definition) is 0. The molecular formula is C4H2INOS. The smallest absolute Gasteiger partial charge is 0.161 e. The Labute approximate surface area is 64.1 Å². The van der Waals surface area contributed by atoms with Crippen LogP contribution in [0, 0.1) is 3.01 Å². The fraction of sp³-hybridized carbons (Fsp3) is 0. The molecule has 0 bridgehead atoms. The zero-order chi connectivity index (χ0) is 5.98. The number of hydrogen-bond acceptors (Lipinski definition) is 3. The van der Waals surface area contributed by atoms with Gasteiger partial charge in [-0.3, -0.25) is 4.79 Å². The fourth-order valence-electron chi connectivity index (χ4n) is 0.319. The Morgan fingerprint density at radius 3 is 2.88 bits per heavy atom. The van der Waals surface area contributed by atoms with Crippen molar-refractivity contribution in [3.8, 4) is 0 Å². The van der Waals surface area contributed by atoms with Crippen molar-refractivity contribution in [1.82, 2.24) is 4.98 Å². The zero-order valence-corrected chi connectivity index (χ0v) is 6.77. The van der Waals surface area contributed by atoms with Gasteiger partial charge in [-0.25, -0.2) is 4.98 Å². The summed E-state index contributed by atoms with van der Waals surface area (Å²) >= 11 is 3.47. The van der Waals surface area contributed by atoms with E-state index in [1.807, 2.05) is 0 Å². The first kappa shape index (κ1) is 6.15.